The first kappa shape index (κ1) is 18.9. The number of rotatable bonds is 0. The fraction of sp³-hybridized carbons (Fsp3) is 0.654. The summed E-state index contributed by atoms with van der Waals surface area (Å²) in [6, 6.07) is 2.84. The van der Waals surface area contributed by atoms with E-state index in [1.54, 1.807) is 0 Å². The van der Waals surface area contributed by atoms with Crippen molar-refractivity contribution >= 4 is 5.91 Å². The van der Waals surface area contributed by atoms with Gasteiger partial charge in [0.05, 0.1) is 11.5 Å². The highest BCUT2D eigenvalue weighted by molar-refractivity contribution is 5.88. The van der Waals surface area contributed by atoms with E-state index in [0.717, 1.165) is 69.7 Å². The van der Waals surface area contributed by atoms with Gasteiger partial charge in [-0.05, 0) is 76.0 Å². The van der Waals surface area contributed by atoms with Gasteiger partial charge in [-0.3, -0.25) is 9.69 Å². The fourth-order valence-corrected chi connectivity index (χ4v) is 7.11. The van der Waals surface area contributed by atoms with Gasteiger partial charge in [-0.25, -0.2) is 0 Å². The van der Waals surface area contributed by atoms with Gasteiger partial charge >= 0.3 is 0 Å². The minimum atomic E-state index is -0.303. The van der Waals surface area contributed by atoms with Gasteiger partial charge in [0.1, 0.15) is 11.5 Å². The van der Waals surface area contributed by atoms with Crippen molar-refractivity contribution in [1.82, 2.24) is 9.80 Å². The molecule has 6 aliphatic heterocycles. The van der Waals surface area contributed by atoms with Crippen LogP contribution in [-0.2, 0) is 11.2 Å². The van der Waals surface area contributed by atoms with E-state index in [4.69, 9.17) is 4.42 Å². The number of allylic oxidation sites excluding steroid dienone is 3. The number of hydrogen-bond acceptors (Lipinski definition) is 3. The van der Waals surface area contributed by atoms with Crippen molar-refractivity contribution in [3.05, 3.63) is 47.5 Å². The van der Waals surface area contributed by atoms with Gasteiger partial charge in [0, 0.05) is 31.5 Å². The van der Waals surface area contributed by atoms with Gasteiger partial charge in [-0.1, -0.05) is 24.3 Å². The highest BCUT2D eigenvalue weighted by Crippen LogP contribution is 2.67. The van der Waals surface area contributed by atoms with Crippen LogP contribution in [0.1, 0.15) is 86.8 Å². The summed E-state index contributed by atoms with van der Waals surface area (Å²) in [6.07, 6.45) is 20.5. The summed E-state index contributed by atoms with van der Waals surface area (Å²) in [5.41, 5.74) is 1.06. The highest BCUT2D eigenvalue weighted by Gasteiger charge is 2.68. The molecule has 0 aromatic carbocycles. The van der Waals surface area contributed by atoms with E-state index < -0.39 is 0 Å². The van der Waals surface area contributed by atoms with Crippen LogP contribution < -0.4 is 0 Å². The minimum absolute atomic E-state index is 0.134. The second-order valence-electron chi connectivity index (χ2n) is 10.0. The number of aryl methyl sites for hydroxylation is 1. The molecule has 4 atom stereocenters. The Labute approximate surface area is 180 Å². The van der Waals surface area contributed by atoms with Crippen LogP contribution >= 0.6 is 0 Å². The Morgan fingerprint density at radius 1 is 0.967 bits per heavy atom. The van der Waals surface area contributed by atoms with Crippen LogP contribution in [0.15, 0.2) is 34.8 Å². The number of furan rings is 1. The van der Waals surface area contributed by atoms with E-state index in [1.165, 1.54) is 31.2 Å². The van der Waals surface area contributed by atoms with E-state index in [-0.39, 0.29) is 11.5 Å². The zero-order valence-electron chi connectivity index (χ0n) is 18.0. The van der Waals surface area contributed by atoms with Crippen LogP contribution in [0, 0.1) is 5.41 Å². The van der Waals surface area contributed by atoms with Crippen LogP contribution in [0.5, 0.6) is 0 Å². The van der Waals surface area contributed by atoms with Crippen LogP contribution in [0.3, 0.4) is 0 Å². The SMILES string of the molecule is O=C1N2CCCC/C=C\CCc3cc4c(o3)C3N5CCCC/C=C\C5CC13C4CC2. The van der Waals surface area contributed by atoms with E-state index in [2.05, 4.69) is 40.2 Å². The summed E-state index contributed by atoms with van der Waals surface area (Å²) >= 11 is 0. The number of hydrogen-bond donors (Lipinski definition) is 0. The van der Waals surface area contributed by atoms with Crippen molar-refractivity contribution < 1.29 is 9.21 Å². The molecule has 7 aliphatic rings. The lowest BCUT2D eigenvalue weighted by atomic mass is 9.67. The van der Waals surface area contributed by atoms with Crippen molar-refractivity contribution in [1.29, 1.82) is 0 Å². The predicted octanol–water partition coefficient (Wildman–Crippen LogP) is 5.12. The van der Waals surface area contributed by atoms with Gasteiger partial charge in [0.15, 0.2) is 0 Å². The van der Waals surface area contributed by atoms with Gasteiger partial charge in [0.2, 0.25) is 5.91 Å². The van der Waals surface area contributed by atoms with Crippen molar-refractivity contribution in [3.63, 3.8) is 0 Å². The molecule has 30 heavy (non-hydrogen) atoms. The van der Waals surface area contributed by atoms with Crippen LogP contribution in [-0.4, -0.2) is 41.4 Å². The fourth-order valence-electron chi connectivity index (χ4n) is 7.11. The normalized spacial score (nSPS) is 38.5. The lowest BCUT2D eigenvalue weighted by Crippen LogP contribution is -2.52. The summed E-state index contributed by atoms with van der Waals surface area (Å²) in [7, 11) is 0. The van der Waals surface area contributed by atoms with Gasteiger partial charge in [-0.15, -0.1) is 0 Å². The maximum Gasteiger partial charge on any atom is 0.231 e. The lowest BCUT2D eigenvalue weighted by molar-refractivity contribution is -0.149. The number of carbonyl (C=O) groups excluding carboxylic acids is 1. The molecule has 2 saturated heterocycles. The average Bonchev–Trinajstić information content (AvgIpc) is 3.32. The minimum Gasteiger partial charge on any atom is -0.464 e. The zero-order chi connectivity index (χ0) is 20.1. The van der Waals surface area contributed by atoms with Gasteiger partial charge in [-0.2, -0.15) is 0 Å². The smallest absolute Gasteiger partial charge is 0.231 e. The molecule has 7 heterocycles. The number of nitrogens with zero attached hydrogens (tertiary/aromatic N) is 2. The Hall–Kier alpha value is -1.81. The second-order valence-corrected chi connectivity index (χ2v) is 10.0. The summed E-state index contributed by atoms with van der Waals surface area (Å²) in [4.78, 5) is 19.0. The zero-order valence-corrected chi connectivity index (χ0v) is 18.0. The Bertz CT molecular complexity index is 884. The summed E-state index contributed by atoms with van der Waals surface area (Å²) < 4.78 is 6.59. The maximum atomic E-state index is 14.1. The molecule has 1 aliphatic carbocycles. The van der Waals surface area contributed by atoms with E-state index in [0.29, 0.717) is 17.9 Å². The first-order valence-electron chi connectivity index (χ1n) is 12.3. The van der Waals surface area contributed by atoms with Gasteiger partial charge in [0.25, 0.3) is 0 Å². The van der Waals surface area contributed by atoms with Crippen molar-refractivity contribution in [2.75, 3.05) is 19.6 Å². The maximum absolute atomic E-state index is 14.1. The molecule has 4 unspecified atom stereocenters. The third-order valence-corrected chi connectivity index (χ3v) is 8.42. The Kier molecular flexibility index (Phi) is 4.67. The van der Waals surface area contributed by atoms with Crippen LogP contribution in [0.25, 0.3) is 0 Å². The quantitative estimate of drug-likeness (QED) is 0.561. The number of carbonyl (C=O) groups is 1. The molecule has 0 N–H and O–H groups in total. The molecule has 2 fully saturated rings. The molecule has 1 aromatic rings. The number of fused-ring (bicyclic) bond motifs is 2. The Morgan fingerprint density at radius 3 is 2.73 bits per heavy atom. The van der Waals surface area contributed by atoms with Gasteiger partial charge < -0.3 is 9.32 Å². The number of piperidine rings is 1. The molecule has 8 rings (SSSR count). The predicted molar refractivity (Wildman–Crippen MR) is 117 cm³/mol. The monoisotopic (exact) mass is 406 g/mol. The topological polar surface area (TPSA) is 36.7 Å². The van der Waals surface area contributed by atoms with Crippen molar-refractivity contribution in [2.24, 2.45) is 5.41 Å². The Balaban J connectivity index is 1.47. The molecule has 4 nitrogen and oxygen atoms in total. The molecular formula is C26H34N2O2. The van der Waals surface area contributed by atoms with E-state index >= 15 is 0 Å². The summed E-state index contributed by atoms with van der Waals surface area (Å²) in [6.45, 7) is 2.91. The molecule has 0 saturated carbocycles. The largest absolute Gasteiger partial charge is 0.464 e. The lowest BCUT2D eigenvalue weighted by Gasteiger charge is -2.44. The average molecular weight is 407 g/mol. The van der Waals surface area contributed by atoms with Crippen molar-refractivity contribution in [2.45, 2.75) is 82.2 Å². The standard InChI is InChI=1S/C26H34N2O2/c29-25-26-18-19-11-7-4-6-10-15-28(19)24(26)23-21-17-20(30-23)12-8-3-1-2-5-9-14-27(25)16-13-22(21)26/h1,3,7,11,17,19,22,24H,2,4-6,8-10,12-16,18H2/b3-1-,11-7-. The highest BCUT2D eigenvalue weighted by atomic mass is 16.3. The van der Waals surface area contributed by atoms with Crippen LogP contribution in [0.4, 0.5) is 0 Å². The molecule has 1 amide bonds. The first-order valence-corrected chi connectivity index (χ1v) is 12.3. The summed E-state index contributed by atoms with van der Waals surface area (Å²) in [5.74, 6) is 3.01. The molecule has 1 spiro atoms. The Morgan fingerprint density at radius 2 is 1.80 bits per heavy atom. The summed E-state index contributed by atoms with van der Waals surface area (Å²) in [5, 5.41) is 0. The third-order valence-electron chi connectivity index (χ3n) is 8.42. The molecule has 6 bridgehead atoms. The molecular weight excluding hydrogens is 372 g/mol. The molecule has 1 aromatic heterocycles. The number of amides is 1. The van der Waals surface area contributed by atoms with E-state index in [9.17, 15) is 4.79 Å². The third kappa shape index (κ3) is 2.72. The second kappa shape index (κ2) is 7.40. The molecule has 4 heteroatoms. The first-order chi connectivity index (χ1) is 14.8. The molecule has 160 valence electrons. The molecule has 0 radical (unpaired) electrons. The van der Waals surface area contributed by atoms with Crippen LogP contribution in [0.2, 0.25) is 0 Å². The van der Waals surface area contributed by atoms with Crippen molar-refractivity contribution in [3.8, 4) is 0 Å². The van der Waals surface area contributed by atoms with E-state index in [1.807, 2.05) is 0 Å².